The Balaban J connectivity index is 1.93. The van der Waals surface area contributed by atoms with Gasteiger partial charge in [-0.05, 0) is 19.3 Å². The summed E-state index contributed by atoms with van der Waals surface area (Å²) in [5.74, 6) is 1.46. The Kier molecular flexibility index (Phi) is 1.82. The maximum atomic E-state index is 5.56. The van der Waals surface area contributed by atoms with Crippen molar-refractivity contribution >= 4 is 0 Å². The highest BCUT2D eigenvalue weighted by molar-refractivity contribution is 5.20. The van der Waals surface area contributed by atoms with Crippen LogP contribution in [-0.2, 0) is 4.74 Å². The number of hydrogen-bond donors (Lipinski definition) is 0. The van der Waals surface area contributed by atoms with Crippen LogP contribution >= 0.6 is 0 Å². The molecule has 0 saturated heterocycles. The van der Waals surface area contributed by atoms with Gasteiger partial charge >= 0.3 is 0 Å². The third kappa shape index (κ3) is 1.14. The smallest absolute Gasteiger partial charge is 0.0649 e. The summed E-state index contributed by atoms with van der Waals surface area (Å²) in [5, 5.41) is 0. The fraction of sp³-hybridized carbons (Fsp3) is 0.600. The van der Waals surface area contributed by atoms with Crippen LogP contribution in [0.2, 0.25) is 0 Å². The lowest BCUT2D eigenvalue weighted by atomic mass is 9.69. The zero-order valence-electron chi connectivity index (χ0n) is 6.86. The SMILES string of the molecule is CCOC1CC2C=CC=CC21. The van der Waals surface area contributed by atoms with E-state index < -0.39 is 0 Å². The molecule has 0 aromatic rings. The van der Waals surface area contributed by atoms with Gasteiger partial charge in [-0.3, -0.25) is 0 Å². The summed E-state index contributed by atoms with van der Waals surface area (Å²) in [7, 11) is 0. The Bertz CT molecular complexity index is 193. The van der Waals surface area contributed by atoms with E-state index >= 15 is 0 Å². The van der Waals surface area contributed by atoms with E-state index in [9.17, 15) is 0 Å². The van der Waals surface area contributed by atoms with Crippen molar-refractivity contribution in [2.75, 3.05) is 6.61 Å². The summed E-state index contributed by atoms with van der Waals surface area (Å²) < 4.78 is 5.56. The molecule has 0 amide bonds. The first-order valence-corrected chi connectivity index (χ1v) is 4.38. The van der Waals surface area contributed by atoms with Gasteiger partial charge in [-0.25, -0.2) is 0 Å². The molecule has 1 fully saturated rings. The standard InChI is InChI=1S/C10H14O/c1-2-11-10-7-8-5-3-4-6-9(8)10/h3-6,8-10H,2,7H2,1H3. The second kappa shape index (κ2) is 2.82. The Morgan fingerprint density at radius 3 is 2.91 bits per heavy atom. The van der Waals surface area contributed by atoms with Crippen molar-refractivity contribution in [2.45, 2.75) is 19.4 Å². The predicted octanol–water partition coefficient (Wildman–Crippen LogP) is 2.15. The second-order valence-corrected chi connectivity index (χ2v) is 3.24. The van der Waals surface area contributed by atoms with E-state index in [1.165, 1.54) is 6.42 Å². The third-order valence-corrected chi connectivity index (χ3v) is 2.61. The molecule has 1 saturated carbocycles. The van der Waals surface area contributed by atoms with Crippen LogP contribution in [0.4, 0.5) is 0 Å². The van der Waals surface area contributed by atoms with E-state index in [2.05, 4.69) is 31.2 Å². The highest BCUT2D eigenvalue weighted by atomic mass is 16.5. The Morgan fingerprint density at radius 1 is 1.36 bits per heavy atom. The second-order valence-electron chi connectivity index (χ2n) is 3.24. The van der Waals surface area contributed by atoms with Crippen molar-refractivity contribution in [3.05, 3.63) is 24.3 Å². The fourth-order valence-electron chi connectivity index (χ4n) is 1.93. The molecule has 2 aliphatic rings. The van der Waals surface area contributed by atoms with E-state index in [-0.39, 0.29) is 0 Å². The summed E-state index contributed by atoms with van der Waals surface area (Å²) in [6, 6.07) is 0. The molecule has 0 radical (unpaired) electrons. The van der Waals surface area contributed by atoms with Crippen LogP contribution in [0.3, 0.4) is 0 Å². The minimum absolute atomic E-state index is 0.506. The van der Waals surface area contributed by atoms with Crippen molar-refractivity contribution in [3.63, 3.8) is 0 Å². The van der Waals surface area contributed by atoms with Crippen LogP contribution in [0.5, 0.6) is 0 Å². The molecule has 2 rings (SSSR count). The first-order valence-electron chi connectivity index (χ1n) is 4.38. The Labute approximate surface area is 67.7 Å². The molecule has 0 bridgehead atoms. The van der Waals surface area contributed by atoms with Crippen LogP contribution in [-0.4, -0.2) is 12.7 Å². The molecule has 3 unspecified atom stereocenters. The van der Waals surface area contributed by atoms with E-state index in [1.54, 1.807) is 0 Å². The Morgan fingerprint density at radius 2 is 2.18 bits per heavy atom. The van der Waals surface area contributed by atoms with Gasteiger partial charge in [0.25, 0.3) is 0 Å². The van der Waals surface area contributed by atoms with Crippen molar-refractivity contribution in [3.8, 4) is 0 Å². The molecule has 60 valence electrons. The molecule has 0 spiro atoms. The molecule has 2 aliphatic carbocycles. The van der Waals surface area contributed by atoms with E-state index in [0.717, 1.165) is 12.5 Å². The summed E-state index contributed by atoms with van der Waals surface area (Å²) in [6.07, 6.45) is 10.6. The van der Waals surface area contributed by atoms with Crippen molar-refractivity contribution in [1.82, 2.24) is 0 Å². The number of fused-ring (bicyclic) bond motifs is 1. The largest absolute Gasteiger partial charge is 0.378 e. The van der Waals surface area contributed by atoms with E-state index in [4.69, 9.17) is 4.74 Å². The topological polar surface area (TPSA) is 9.23 Å². The van der Waals surface area contributed by atoms with Crippen LogP contribution in [0.25, 0.3) is 0 Å². The molecule has 11 heavy (non-hydrogen) atoms. The van der Waals surface area contributed by atoms with Gasteiger partial charge < -0.3 is 4.74 Å². The molecule has 0 aromatic heterocycles. The van der Waals surface area contributed by atoms with Crippen LogP contribution in [0.15, 0.2) is 24.3 Å². The van der Waals surface area contributed by atoms with Crippen LogP contribution in [0.1, 0.15) is 13.3 Å². The molecule has 3 atom stereocenters. The van der Waals surface area contributed by atoms with Gasteiger partial charge in [0, 0.05) is 12.5 Å². The first-order chi connectivity index (χ1) is 5.42. The summed E-state index contributed by atoms with van der Waals surface area (Å²) >= 11 is 0. The van der Waals surface area contributed by atoms with E-state index in [0.29, 0.717) is 12.0 Å². The molecule has 0 heterocycles. The van der Waals surface area contributed by atoms with Gasteiger partial charge in [0.15, 0.2) is 0 Å². The molecular weight excluding hydrogens is 136 g/mol. The molecule has 0 N–H and O–H groups in total. The molecule has 1 heteroatoms. The first kappa shape index (κ1) is 7.11. The van der Waals surface area contributed by atoms with E-state index in [1.807, 2.05) is 0 Å². The fourth-order valence-corrected chi connectivity index (χ4v) is 1.93. The maximum Gasteiger partial charge on any atom is 0.0649 e. The van der Waals surface area contributed by atoms with Gasteiger partial charge in [-0.15, -0.1) is 0 Å². The minimum Gasteiger partial charge on any atom is -0.378 e. The lowest BCUT2D eigenvalue weighted by Gasteiger charge is -2.42. The molecule has 0 aromatic carbocycles. The van der Waals surface area contributed by atoms with Crippen LogP contribution < -0.4 is 0 Å². The normalized spacial score (nSPS) is 39.9. The zero-order chi connectivity index (χ0) is 7.68. The van der Waals surface area contributed by atoms with Crippen molar-refractivity contribution < 1.29 is 4.74 Å². The van der Waals surface area contributed by atoms with Gasteiger partial charge in [-0.2, -0.15) is 0 Å². The monoisotopic (exact) mass is 150 g/mol. The molecular formula is C10H14O. The molecule has 0 aliphatic heterocycles. The van der Waals surface area contributed by atoms with Crippen molar-refractivity contribution in [2.24, 2.45) is 11.8 Å². The quantitative estimate of drug-likeness (QED) is 0.586. The summed E-state index contributed by atoms with van der Waals surface area (Å²) in [5.41, 5.74) is 0. The Hall–Kier alpha value is -0.560. The average molecular weight is 150 g/mol. The number of ether oxygens (including phenoxy) is 1. The number of hydrogen-bond acceptors (Lipinski definition) is 1. The lowest BCUT2D eigenvalue weighted by Crippen LogP contribution is -2.41. The summed E-state index contributed by atoms with van der Waals surface area (Å²) in [6.45, 7) is 2.92. The number of allylic oxidation sites excluding steroid dienone is 3. The zero-order valence-corrected chi connectivity index (χ0v) is 6.86. The van der Waals surface area contributed by atoms with Gasteiger partial charge in [0.2, 0.25) is 0 Å². The van der Waals surface area contributed by atoms with Crippen LogP contribution in [0, 0.1) is 11.8 Å². The average Bonchev–Trinajstić information content (AvgIpc) is 2.01. The predicted molar refractivity (Wildman–Crippen MR) is 45.3 cm³/mol. The summed E-state index contributed by atoms with van der Waals surface area (Å²) in [4.78, 5) is 0. The highest BCUT2D eigenvalue weighted by Gasteiger charge is 2.38. The molecule has 1 nitrogen and oxygen atoms in total. The lowest BCUT2D eigenvalue weighted by molar-refractivity contribution is -0.0479. The minimum atomic E-state index is 0.506. The van der Waals surface area contributed by atoms with Crippen molar-refractivity contribution in [1.29, 1.82) is 0 Å². The van der Waals surface area contributed by atoms with Gasteiger partial charge in [0.1, 0.15) is 0 Å². The number of rotatable bonds is 2. The highest BCUT2D eigenvalue weighted by Crippen LogP contribution is 2.40. The van der Waals surface area contributed by atoms with Gasteiger partial charge in [-0.1, -0.05) is 24.3 Å². The van der Waals surface area contributed by atoms with Gasteiger partial charge in [0.05, 0.1) is 6.10 Å². The maximum absolute atomic E-state index is 5.56. The third-order valence-electron chi connectivity index (χ3n) is 2.61.